The molecule has 0 heterocycles. The molecule has 0 aliphatic carbocycles. The van der Waals surface area contributed by atoms with Gasteiger partial charge in [-0.1, -0.05) is 29.8 Å². The molecule has 0 bridgehead atoms. The molecule has 0 saturated heterocycles. The lowest BCUT2D eigenvalue weighted by atomic mass is 10.2. The Bertz CT molecular complexity index is 554. The van der Waals surface area contributed by atoms with Crippen molar-refractivity contribution in [3.8, 4) is 5.75 Å². The van der Waals surface area contributed by atoms with Crippen LogP contribution in [0.4, 0.5) is 0 Å². The maximum absolute atomic E-state index is 12.1. The van der Waals surface area contributed by atoms with E-state index in [9.17, 15) is 4.79 Å². The number of amides is 1. The largest absolute Gasteiger partial charge is 0.492 e. The van der Waals surface area contributed by atoms with E-state index in [1.54, 1.807) is 48.3 Å². The third kappa shape index (κ3) is 4.00. The average Bonchev–Trinajstić information content (AvgIpc) is 2.49. The molecule has 0 radical (unpaired) electrons. The third-order valence-corrected chi connectivity index (χ3v) is 3.13. The van der Waals surface area contributed by atoms with Crippen LogP contribution in [0.3, 0.4) is 0 Å². The van der Waals surface area contributed by atoms with E-state index in [1.807, 2.05) is 18.2 Å². The van der Waals surface area contributed by atoms with Crippen molar-refractivity contribution in [3.63, 3.8) is 0 Å². The van der Waals surface area contributed by atoms with Gasteiger partial charge in [-0.15, -0.1) is 0 Å². The fourth-order valence-electron chi connectivity index (χ4n) is 1.73. The topological polar surface area (TPSA) is 29.5 Å². The predicted octanol–water partition coefficient (Wildman–Crippen LogP) is 3.49. The van der Waals surface area contributed by atoms with Gasteiger partial charge >= 0.3 is 0 Å². The Balaban J connectivity index is 1.82. The van der Waals surface area contributed by atoms with Crippen molar-refractivity contribution in [2.45, 2.75) is 0 Å². The number of nitrogens with zero attached hydrogens (tertiary/aromatic N) is 1. The number of likely N-dealkylation sites (N-methyl/N-ethyl adjacent to an activating group) is 1. The summed E-state index contributed by atoms with van der Waals surface area (Å²) in [5, 5.41) is 0.675. The lowest BCUT2D eigenvalue weighted by Gasteiger charge is -2.17. The average molecular weight is 290 g/mol. The van der Waals surface area contributed by atoms with Crippen LogP contribution in [0.1, 0.15) is 10.4 Å². The van der Waals surface area contributed by atoms with Crippen LogP contribution >= 0.6 is 11.6 Å². The van der Waals surface area contributed by atoms with E-state index in [1.165, 1.54) is 0 Å². The molecule has 2 aromatic rings. The molecule has 2 aromatic carbocycles. The lowest BCUT2D eigenvalue weighted by Crippen LogP contribution is -2.30. The molecule has 1 amide bonds. The second-order valence-corrected chi connectivity index (χ2v) is 4.83. The van der Waals surface area contributed by atoms with Crippen molar-refractivity contribution < 1.29 is 9.53 Å². The molecule has 0 atom stereocenters. The summed E-state index contributed by atoms with van der Waals surface area (Å²) >= 11 is 5.80. The monoisotopic (exact) mass is 289 g/mol. The lowest BCUT2D eigenvalue weighted by molar-refractivity contribution is 0.0774. The van der Waals surface area contributed by atoms with E-state index in [4.69, 9.17) is 16.3 Å². The van der Waals surface area contributed by atoms with Crippen LogP contribution in [-0.2, 0) is 0 Å². The molecule has 0 aliphatic heterocycles. The van der Waals surface area contributed by atoms with Crippen molar-refractivity contribution in [1.82, 2.24) is 4.90 Å². The minimum absolute atomic E-state index is 0.00898. The van der Waals surface area contributed by atoms with Gasteiger partial charge in [0.25, 0.3) is 5.91 Å². The van der Waals surface area contributed by atoms with Crippen molar-refractivity contribution >= 4 is 17.5 Å². The zero-order chi connectivity index (χ0) is 14.4. The van der Waals surface area contributed by atoms with Crippen molar-refractivity contribution in [1.29, 1.82) is 0 Å². The molecule has 0 fully saturated rings. The van der Waals surface area contributed by atoms with Crippen molar-refractivity contribution in [2.75, 3.05) is 20.2 Å². The number of hydrogen-bond donors (Lipinski definition) is 0. The number of carbonyl (C=O) groups excluding carboxylic acids is 1. The highest BCUT2D eigenvalue weighted by Crippen LogP contribution is 2.15. The maximum atomic E-state index is 12.1. The van der Waals surface area contributed by atoms with Gasteiger partial charge in [-0.25, -0.2) is 0 Å². The highest BCUT2D eigenvalue weighted by Gasteiger charge is 2.10. The summed E-state index contributed by atoms with van der Waals surface area (Å²) in [6.07, 6.45) is 0. The normalized spacial score (nSPS) is 10.1. The molecule has 3 nitrogen and oxygen atoms in total. The Morgan fingerprint density at radius 1 is 1.10 bits per heavy atom. The fraction of sp³-hybridized carbons (Fsp3) is 0.188. The van der Waals surface area contributed by atoms with E-state index < -0.39 is 0 Å². The van der Waals surface area contributed by atoms with Crippen LogP contribution < -0.4 is 4.74 Å². The molecular formula is C16H16ClNO2. The minimum Gasteiger partial charge on any atom is -0.492 e. The number of benzene rings is 2. The number of rotatable bonds is 5. The van der Waals surface area contributed by atoms with Crippen molar-refractivity contribution in [2.24, 2.45) is 0 Å². The quantitative estimate of drug-likeness (QED) is 0.843. The number of halogens is 1. The molecule has 20 heavy (non-hydrogen) atoms. The van der Waals surface area contributed by atoms with Gasteiger partial charge in [-0.2, -0.15) is 0 Å². The Labute approximate surface area is 123 Å². The second-order valence-electron chi connectivity index (χ2n) is 4.40. The molecule has 0 saturated carbocycles. The first-order valence-electron chi connectivity index (χ1n) is 6.36. The van der Waals surface area contributed by atoms with Gasteiger partial charge < -0.3 is 9.64 Å². The van der Waals surface area contributed by atoms with E-state index in [0.717, 1.165) is 5.75 Å². The molecule has 0 spiro atoms. The molecule has 0 aromatic heterocycles. The van der Waals surface area contributed by atoms with Crippen LogP contribution in [0.25, 0.3) is 0 Å². The third-order valence-electron chi connectivity index (χ3n) is 2.88. The Kier molecular flexibility index (Phi) is 5.02. The molecule has 104 valence electrons. The first-order valence-corrected chi connectivity index (χ1v) is 6.73. The summed E-state index contributed by atoms with van der Waals surface area (Å²) < 4.78 is 5.57. The second kappa shape index (κ2) is 6.96. The van der Waals surface area contributed by atoms with Crippen LogP contribution in [0.2, 0.25) is 5.02 Å². The Hall–Kier alpha value is -2.00. The Morgan fingerprint density at radius 3 is 2.40 bits per heavy atom. The smallest absolute Gasteiger partial charge is 0.253 e. The van der Waals surface area contributed by atoms with Gasteiger partial charge in [0.15, 0.2) is 0 Å². The summed E-state index contributed by atoms with van der Waals surface area (Å²) in [5.41, 5.74) is 0.682. The summed E-state index contributed by atoms with van der Waals surface area (Å²) in [6.45, 7) is 0.965. The van der Waals surface area contributed by atoms with E-state index >= 15 is 0 Å². The van der Waals surface area contributed by atoms with Gasteiger partial charge in [0.2, 0.25) is 0 Å². The minimum atomic E-state index is -0.00898. The van der Waals surface area contributed by atoms with Crippen LogP contribution in [-0.4, -0.2) is 31.0 Å². The van der Waals surface area contributed by atoms with Gasteiger partial charge in [-0.3, -0.25) is 4.79 Å². The van der Waals surface area contributed by atoms with Crippen LogP contribution in [0.15, 0.2) is 54.6 Å². The fourth-order valence-corrected chi connectivity index (χ4v) is 1.86. The Morgan fingerprint density at radius 2 is 1.75 bits per heavy atom. The first-order chi connectivity index (χ1) is 9.66. The SMILES string of the molecule is CN(CCOc1ccc(Cl)cc1)C(=O)c1ccccc1. The summed E-state index contributed by atoms with van der Waals surface area (Å²) in [6, 6.07) is 16.4. The summed E-state index contributed by atoms with van der Waals surface area (Å²) in [4.78, 5) is 13.7. The van der Waals surface area contributed by atoms with Crippen molar-refractivity contribution in [3.05, 3.63) is 65.2 Å². The molecular weight excluding hydrogens is 274 g/mol. The van der Waals surface area contributed by atoms with E-state index in [-0.39, 0.29) is 5.91 Å². The molecule has 4 heteroatoms. The molecule has 0 aliphatic rings. The molecule has 2 rings (SSSR count). The van der Waals surface area contributed by atoms with Gasteiger partial charge in [0, 0.05) is 17.6 Å². The summed E-state index contributed by atoms with van der Waals surface area (Å²) in [7, 11) is 1.76. The van der Waals surface area contributed by atoms with Crippen LogP contribution in [0.5, 0.6) is 5.75 Å². The zero-order valence-corrected chi connectivity index (χ0v) is 12.0. The standard InChI is InChI=1S/C16H16ClNO2/c1-18(16(19)13-5-3-2-4-6-13)11-12-20-15-9-7-14(17)8-10-15/h2-10H,11-12H2,1H3. The van der Waals surface area contributed by atoms with Gasteiger partial charge in [0.05, 0.1) is 6.54 Å². The summed E-state index contributed by atoms with van der Waals surface area (Å²) in [5.74, 6) is 0.736. The number of ether oxygens (including phenoxy) is 1. The first kappa shape index (κ1) is 14.4. The highest BCUT2D eigenvalue weighted by atomic mass is 35.5. The predicted molar refractivity (Wildman–Crippen MR) is 80.3 cm³/mol. The molecule has 0 unspecified atom stereocenters. The maximum Gasteiger partial charge on any atom is 0.253 e. The van der Waals surface area contributed by atoms with Gasteiger partial charge in [0.1, 0.15) is 12.4 Å². The van der Waals surface area contributed by atoms with E-state index in [0.29, 0.717) is 23.7 Å². The van der Waals surface area contributed by atoms with Crippen LogP contribution in [0, 0.1) is 0 Å². The number of hydrogen-bond acceptors (Lipinski definition) is 2. The highest BCUT2D eigenvalue weighted by molar-refractivity contribution is 6.30. The van der Waals surface area contributed by atoms with E-state index in [2.05, 4.69) is 0 Å². The zero-order valence-electron chi connectivity index (χ0n) is 11.3. The number of carbonyl (C=O) groups is 1. The molecule has 0 N–H and O–H groups in total. The van der Waals surface area contributed by atoms with Gasteiger partial charge in [-0.05, 0) is 36.4 Å².